The Morgan fingerprint density at radius 3 is 2.27 bits per heavy atom. The molecule has 1 N–H and O–H groups in total. The summed E-state index contributed by atoms with van der Waals surface area (Å²) in [4.78, 5) is 16.9. The number of nitrogens with zero attached hydrogens (tertiary/aromatic N) is 1. The Bertz CT molecular complexity index is 1030. The summed E-state index contributed by atoms with van der Waals surface area (Å²) in [5.74, 6) is -0.555. The van der Waals surface area contributed by atoms with Gasteiger partial charge >= 0.3 is 0 Å². The number of carbonyl (C=O) groups is 1. The lowest BCUT2D eigenvalue weighted by atomic mass is 9.91. The second kappa shape index (κ2) is 8.59. The molecule has 0 bridgehead atoms. The smallest absolute Gasteiger partial charge is 0.223 e. The van der Waals surface area contributed by atoms with E-state index in [0.717, 1.165) is 16.8 Å². The van der Waals surface area contributed by atoms with Crippen molar-refractivity contribution in [3.05, 3.63) is 101 Å². The first-order valence-electron chi connectivity index (χ1n) is 9.93. The molecule has 5 heteroatoms. The number of carbonyl (C=O) groups excluding carboxylic acids is 1. The van der Waals surface area contributed by atoms with Crippen molar-refractivity contribution < 1.29 is 13.9 Å². The fraction of sp³-hybridized carbons (Fsp3) is 0.200. The van der Waals surface area contributed by atoms with E-state index in [1.165, 1.54) is 6.07 Å². The highest BCUT2D eigenvalue weighted by Crippen LogP contribution is 2.30. The molecule has 4 rings (SSSR count). The van der Waals surface area contributed by atoms with Crippen molar-refractivity contribution in [1.82, 2.24) is 5.32 Å². The first-order valence-corrected chi connectivity index (χ1v) is 9.93. The minimum Gasteiger partial charge on any atom is -0.378 e. The van der Waals surface area contributed by atoms with E-state index in [-0.39, 0.29) is 18.9 Å². The summed E-state index contributed by atoms with van der Waals surface area (Å²) in [6.07, 6.45) is 0.265. The van der Waals surface area contributed by atoms with Gasteiger partial charge in [-0.25, -0.2) is 9.38 Å². The average molecular weight is 402 g/mol. The monoisotopic (exact) mass is 402 g/mol. The van der Waals surface area contributed by atoms with Crippen LogP contribution in [0.4, 0.5) is 10.1 Å². The van der Waals surface area contributed by atoms with Crippen molar-refractivity contribution in [1.29, 1.82) is 0 Å². The number of nitrogens with one attached hydrogen (secondary N) is 1. The van der Waals surface area contributed by atoms with Gasteiger partial charge in [0.25, 0.3) is 0 Å². The lowest BCUT2D eigenvalue weighted by Gasteiger charge is -2.29. The maximum atomic E-state index is 14.8. The summed E-state index contributed by atoms with van der Waals surface area (Å²) in [6.45, 7) is 2.30. The Labute approximate surface area is 175 Å². The van der Waals surface area contributed by atoms with Crippen molar-refractivity contribution in [3.8, 4) is 0 Å². The minimum atomic E-state index is -0.956. The molecule has 1 aliphatic rings. The molecule has 1 unspecified atom stereocenters. The SMILES string of the molecule is CC1(c2cc(N=C(c3ccccc3)c3ccccc3)ccc2F)COCCC(=O)N1. The molecule has 1 fully saturated rings. The summed E-state index contributed by atoms with van der Waals surface area (Å²) in [7, 11) is 0. The van der Waals surface area contributed by atoms with Gasteiger partial charge in [0.1, 0.15) is 5.82 Å². The van der Waals surface area contributed by atoms with Gasteiger partial charge in [0, 0.05) is 23.1 Å². The van der Waals surface area contributed by atoms with E-state index in [0.29, 0.717) is 17.9 Å². The molecule has 30 heavy (non-hydrogen) atoms. The molecule has 152 valence electrons. The van der Waals surface area contributed by atoms with E-state index >= 15 is 0 Å². The van der Waals surface area contributed by atoms with Crippen LogP contribution in [-0.4, -0.2) is 24.8 Å². The lowest BCUT2D eigenvalue weighted by Crippen LogP contribution is -2.45. The van der Waals surface area contributed by atoms with Crippen molar-refractivity contribution in [2.75, 3.05) is 13.2 Å². The third-order valence-electron chi connectivity index (χ3n) is 5.16. The summed E-state index contributed by atoms with van der Waals surface area (Å²) in [6, 6.07) is 24.5. The largest absolute Gasteiger partial charge is 0.378 e. The van der Waals surface area contributed by atoms with Gasteiger partial charge in [-0.05, 0) is 25.1 Å². The number of benzene rings is 3. The number of halogens is 1. The van der Waals surface area contributed by atoms with Crippen LogP contribution in [0.1, 0.15) is 30.0 Å². The van der Waals surface area contributed by atoms with Crippen LogP contribution >= 0.6 is 0 Å². The van der Waals surface area contributed by atoms with E-state index < -0.39 is 11.4 Å². The molecule has 1 heterocycles. The number of amides is 1. The van der Waals surface area contributed by atoms with Crippen LogP contribution < -0.4 is 5.32 Å². The number of rotatable bonds is 4. The molecule has 0 saturated carbocycles. The fourth-order valence-corrected chi connectivity index (χ4v) is 3.62. The van der Waals surface area contributed by atoms with Crippen LogP contribution in [0.3, 0.4) is 0 Å². The van der Waals surface area contributed by atoms with Crippen molar-refractivity contribution in [2.45, 2.75) is 18.9 Å². The van der Waals surface area contributed by atoms with Gasteiger partial charge in [-0.15, -0.1) is 0 Å². The van der Waals surface area contributed by atoms with Gasteiger partial charge in [-0.3, -0.25) is 4.79 Å². The zero-order valence-electron chi connectivity index (χ0n) is 16.8. The highest BCUT2D eigenvalue weighted by molar-refractivity contribution is 6.13. The molecule has 1 amide bonds. The predicted molar refractivity (Wildman–Crippen MR) is 116 cm³/mol. The van der Waals surface area contributed by atoms with Crippen LogP contribution in [0.15, 0.2) is 83.9 Å². The summed E-state index contributed by atoms with van der Waals surface area (Å²) < 4.78 is 20.4. The van der Waals surface area contributed by atoms with Crippen LogP contribution in [0.2, 0.25) is 0 Å². The molecule has 0 radical (unpaired) electrons. The maximum absolute atomic E-state index is 14.8. The second-order valence-corrected chi connectivity index (χ2v) is 7.54. The van der Waals surface area contributed by atoms with Crippen molar-refractivity contribution in [2.24, 2.45) is 4.99 Å². The minimum absolute atomic E-state index is 0.155. The van der Waals surface area contributed by atoms with Gasteiger partial charge in [-0.2, -0.15) is 0 Å². The Kier molecular flexibility index (Phi) is 5.72. The van der Waals surface area contributed by atoms with E-state index in [9.17, 15) is 9.18 Å². The summed E-state index contributed by atoms with van der Waals surface area (Å²) >= 11 is 0. The molecular formula is C25H23FN2O2. The molecular weight excluding hydrogens is 379 g/mol. The number of hydrogen-bond acceptors (Lipinski definition) is 3. The number of ether oxygens (including phenoxy) is 1. The maximum Gasteiger partial charge on any atom is 0.223 e. The van der Waals surface area contributed by atoms with Gasteiger partial charge in [0.15, 0.2) is 0 Å². The molecule has 0 aromatic heterocycles. The Morgan fingerprint density at radius 2 is 1.63 bits per heavy atom. The molecule has 1 saturated heterocycles. The highest BCUT2D eigenvalue weighted by atomic mass is 19.1. The summed E-state index contributed by atoms with van der Waals surface area (Å²) in [5, 5.41) is 2.90. The summed E-state index contributed by atoms with van der Waals surface area (Å²) in [5.41, 5.74) is 2.73. The fourth-order valence-electron chi connectivity index (χ4n) is 3.62. The third-order valence-corrected chi connectivity index (χ3v) is 5.16. The van der Waals surface area contributed by atoms with E-state index in [4.69, 9.17) is 9.73 Å². The predicted octanol–water partition coefficient (Wildman–Crippen LogP) is 4.75. The highest BCUT2D eigenvalue weighted by Gasteiger charge is 2.34. The zero-order valence-corrected chi connectivity index (χ0v) is 16.8. The van der Waals surface area contributed by atoms with Gasteiger partial charge in [0.05, 0.1) is 30.2 Å². The van der Waals surface area contributed by atoms with E-state index in [1.54, 1.807) is 19.1 Å². The third kappa shape index (κ3) is 4.31. The second-order valence-electron chi connectivity index (χ2n) is 7.54. The molecule has 4 nitrogen and oxygen atoms in total. The van der Waals surface area contributed by atoms with E-state index in [2.05, 4.69) is 5.32 Å². The normalized spacial score (nSPS) is 18.9. The molecule has 1 atom stereocenters. The van der Waals surface area contributed by atoms with Crippen molar-refractivity contribution >= 4 is 17.3 Å². The molecule has 1 aliphatic heterocycles. The molecule has 3 aromatic rings. The van der Waals surface area contributed by atoms with E-state index in [1.807, 2.05) is 60.7 Å². The average Bonchev–Trinajstić information content (AvgIpc) is 2.95. The van der Waals surface area contributed by atoms with Crippen LogP contribution in [-0.2, 0) is 15.1 Å². The zero-order chi connectivity index (χ0) is 21.0. The quantitative estimate of drug-likeness (QED) is 0.641. The van der Waals surface area contributed by atoms with Crippen LogP contribution in [0.5, 0.6) is 0 Å². The Balaban J connectivity index is 1.80. The van der Waals surface area contributed by atoms with Crippen LogP contribution in [0, 0.1) is 5.82 Å². The molecule has 3 aromatic carbocycles. The molecule has 0 spiro atoms. The topological polar surface area (TPSA) is 50.7 Å². The van der Waals surface area contributed by atoms with Crippen molar-refractivity contribution in [3.63, 3.8) is 0 Å². The van der Waals surface area contributed by atoms with Gasteiger partial charge in [0.2, 0.25) is 5.91 Å². The Hall–Kier alpha value is -3.31. The first kappa shape index (κ1) is 20.0. The van der Waals surface area contributed by atoms with Crippen LogP contribution in [0.25, 0.3) is 0 Å². The first-order chi connectivity index (χ1) is 14.5. The van der Waals surface area contributed by atoms with Gasteiger partial charge in [-0.1, -0.05) is 60.7 Å². The lowest BCUT2D eigenvalue weighted by molar-refractivity contribution is -0.122. The Morgan fingerprint density at radius 1 is 1.00 bits per heavy atom. The molecule has 0 aliphatic carbocycles. The number of aliphatic imine (C=N–C) groups is 1. The standard InChI is InChI=1S/C25H23FN2O2/c1-25(17-30-15-14-23(29)28-25)21-16-20(12-13-22(21)26)27-24(18-8-4-2-5-9-18)19-10-6-3-7-11-19/h2-13,16H,14-15,17H2,1H3,(H,28,29). The van der Waals surface area contributed by atoms with Gasteiger partial charge < -0.3 is 10.1 Å². The number of hydrogen-bond donors (Lipinski definition) is 1.